The summed E-state index contributed by atoms with van der Waals surface area (Å²) in [5.74, 6) is -0.464. The van der Waals surface area contributed by atoms with Crippen LogP contribution in [0.4, 0.5) is 5.69 Å². The van der Waals surface area contributed by atoms with E-state index in [2.05, 4.69) is 84.2 Å². The second kappa shape index (κ2) is 9.96. The highest BCUT2D eigenvalue weighted by atomic mass is 35.5. The Morgan fingerprint density at radius 2 is 1.53 bits per heavy atom. The van der Waals surface area contributed by atoms with Crippen molar-refractivity contribution in [2.75, 3.05) is 5.32 Å². The van der Waals surface area contributed by atoms with E-state index in [4.69, 9.17) is 11.6 Å². The molecule has 0 bridgehead atoms. The van der Waals surface area contributed by atoms with Crippen molar-refractivity contribution < 1.29 is 9.90 Å². The lowest BCUT2D eigenvalue weighted by atomic mass is 9.59. The number of fused-ring (bicyclic) bond motifs is 2. The van der Waals surface area contributed by atoms with Gasteiger partial charge in [-0.05, 0) is 90.5 Å². The molecule has 1 spiro atoms. The molecule has 6 rings (SSSR count). The molecule has 0 aliphatic heterocycles. The van der Waals surface area contributed by atoms with Crippen LogP contribution in [-0.4, -0.2) is 16.6 Å². The summed E-state index contributed by atoms with van der Waals surface area (Å²) in [7, 11) is 0. The largest absolute Gasteiger partial charge is 0.480 e. The normalized spacial score (nSPS) is 24.2. The molecule has 3 nitrogen and oxygen atoms in total. The van der Waals surface area contributed by atoms with Crippen molar-refractivity contribution in [3.63, 3.8) is 0 Å². The molecule has 0 heterocycles. The molecule has 0 aromatic heterocycles. The van der Waals surface area contributed by atoms with Crippen LogP contribution in [-0.2, 0) is 23.1 Å². The number of carboxylic acids is 1. The topological polar surface area (TPSA) is 49.3 Å². The van der Waals surface area contributed by atoms with Crippen molar-refractivity contribution in [2.45, 2.75) is 55.4 Å². The van der Waals surface area contributed by atoms with Crippen molar-refractivity contribution in [2.24, 2.45) is 0 Å². The molecule has 4 heteroatoms. The predicted molar refractivity (Wildman–Crippen MR) is 154 cm³/mol. The Hall–Kier alpha value is -3.56. The van der Waals surface area contributed by atoms with E-state index >= 15 is 0 Å². The van der Waals surface area contributed by atoms with E-state index in [-0.39, 0.29) is 5.41 Å². The first-order valence-electron chi connectivity index (χ1n) is 13.5. The molecule has 38 heavy (non-hydrogen) atoms. The lowest BCUT2D eigenvalue weighted by Gasteiger charge is -2.47. The van der Waals surface area contributed by atoms with Crippen LogP contribution in [0.15, 0.2) is 103 Å². The van der Waals surface area contributed by atoms with E-state index in [1.165, 1.54) is 27.8 Å². The molecule has 1 unspecified atom stereocenters. The van der Waals surface area contributed by atoms with Crippen LogP contribution in [0.5, 0.6) is 0 Å². The highest BCUT2D eigenvalue weighted by molar-refractivity contribution is 6.30. The molecule has 4 aromatic carbocycles. The zero-order valence-electron chi connectivity index (χ0n) is 21.4. The number of benzene rings is 4. The quantitative estimate of drug-likeness (QED) is 0.270. The third-order valence-corrected chi connectivity index (χ3v) is 9.10. The number of carbonyl (C=O) groups is 1. The molecule has 2 N–H and O–H groups in total. The zero-order chi connectivity index (χ0) is 26.2. The van der Waals surface area contributed by atoms with Gasteiger partial charge in [-0.2, -0.15) is 0 Å². The van der Waals surface area contributed by atoms with Gasteiger partial charge in [-0.1, -0.05) is 96.5 Å². The SMILES string of the molecule is O=C(O)C1(Nc2cccc(Cl)c2)CCC2(CC1)c1ccccc1CC2c1cccc(Cc2ccccc2)c1. The van der Waals surface area contributed by atoms with Crippen LogP contribution in [0, 0.1) is 0 Å². The Balaban J connectivity index is 1.33. The summed E-state index contributed by atoms with van der Waals surface area (Å²) in [6.07, 6.45) is 4.65. The van der Waals surface area contributed by atoms with Gasteiger partial charge in [0.1, 0.15) is 5.54 Å². The van der Waals surface area contributed by atoms with Crippen molar-refractivity contribution >= 4 is 23.3 Å². The maximum absolute atomic E-state index is 12.7. The molecule has 192 valence electrons. The molecule has 0 radical (unpaired) electrons. The van der Waals surface area contributed by atoms with Crippen molar-refractivity contribution in [3.8, 4) is 0 Å². The Bertz CT molecular complexity index is 1460. The van der Waals surface area contributed by atoms with Gasteiger partial charge in [0, 0.05) is 16.1 Å². The number of rotatable bonds is 6. The van der Waals surface area contributed by atoms with Crippen molar-refractivity contribution in [3.05, 3.63) is 136 Å². The highest BCUT2D eigenvalue weighted by Crippen LogP contribution is 2.58. The molecule has 2 aliphatic carbocycles. The summed E-state index contributed by atoms with van der Waals surface area (Å²) in [5, 5.41) is 14.4. The summed E-state index contributed by atoms with van der Waals surface area (Å²) in [5.41, 5.74) is 6.47. The van der Waals surface area contributed by atoms with E-state index in [9.17, 15) is 9.90 Å². The third kappa shape index (κ3) is 4.50. The van der Waals surface area contributed by atoms with Gasteiger partial charge < -0.3 is 10.4 Å². The predicted octanol–water partition coefficient (Wildman–Crippen LogP) is 8.02. The first kappa shape index (κ1) is 24.8. The lowest BCUT2D eigenvalue weighted by Crippen LogP contribution is -2.52. The number of aliphatic carboxylic acids is 1. The van der Waals surface area contributed by atoms with Crippen molar-refractivity contribution in [1.82, 2.24) is 0 Å². The van der Waals surface area contributed by atoms with Crippen LogP contribution < -0.4 is 5.32 Å². The zero-order valence-corrected chi connectivity index (χ0v) is 22.1. The minimum absolute atomic E-state index is 0.0725. The molecule has 1 fully saturated rings. The van der Waals surface area contributed by atoms with Crippen LogP contribution in [0.25, 0.3) is 0 Å². The molecular weight excluding hydrogens is 490 g/mol. The Morgan fingerprint density at radius 1 is 0.816 bits per heavy atom. The van der Waals surface area contributed by atoms with E-state index in [1.807, 2.05) is 24.3 Å². The fourth-order valence-corrected chi connectivity index (χ4v) is 7.14. The van der Waals surface area contributed by atoms with E-state index in [0.29, 0.717) is 23.8 Å². The summed E-state index contributed by atoms with van der Waals surface area (Å²) < 4.78 is 0. The first-order chi connectivity index (χ1) is 18.5. The average molecular weight is 522 g/mol. The highest BCUT2D eigenvalue weighted by Gasteiger charge is 2.54. The molecule has 0 saturated heterocycles. The second-order valence-electron chi connectivity index (χ2n) is 11.0. The molecule has 1 atom stereocenters. The average Bonchev–Trinajstić information content (AvgIpc) is 3.25. The molecule has 0 amide bonds. The van der Waals surface area contributed by atoms with Crippen LogP contribution in [0.1, 0.15) is 59.4 Å². The van der Waals surface area contributed by atoms with Crippen LogP contribution in [0.3, 0.4) is 0 Å². The van der Waals surface area contributed by atoms with Gasteiger partial charge in [-0.25, -0.2) is 4.79 Å². The molecule has 2 aliphatic rings. The Kier molecular flexibility index (Phi) is 6.49. The molecular formula is C34H32ClNO2. The van der Waals surface area contributed by atoms with Crippen LogP contribution in [0.2, 0.25) is 5.02 Å². The summed E-state index contributed by atoms with van der Waals surface area (Å²) >= 11 is 6.21. The minimum Gasteiger partial charge on any atom is -0.480 e. The molecule has 4 aromatic rings. The molecule has 1 saturated carbocycles. The standard InChI is InChI=1S/C34H32ClNO2/c35-28-13-7-14-29(23-28)36-34(32(37)38)18-16-33(17-19-34)30-15-5-4-11-27(30)22-31(33)26-12-6-10-25(21-26)20-24-8-2-1-3-9-24/h1-15,21,23,31,36H,16-20,22H2,(H,37,38). The van der Waals surface area contributed by atoms with Gasteiger partial charge >= 0.3 is 5.97 Å². The fourth-order valence-electron chi connectivity index (χ4n) is 6.95. The summed E-state index contributed by atoms with van der Waals surface area (Å²) in [4.78, 5) is 12.7. The van der Waals surface area contributed by atoms with E-state index < -0.39 is 11.5 Å². The first-order valence-corrected chi connectivity index (χ1v) is 13.8. The van der Waals surface area contributed by atoms with Gasteiger partial charge in [-0.3, -0.25) is 0 Å². The van der Waals surface area contributed by atoms with Gasteiger partial charge in [0.2, 0.25) is 0 Å². The lowest BCUT2D eigenvalue weighted by molar-refractivity contribution is -0.144. The van der Waals surface area contributed by atoms with Gasteiger partial charge in [0.25, 0.3) is 0 Å². The van der Waals surface area contributed by atoms with E-state index in [0.717, 1.165) is 31.4 Å². The fraction of sp³-hybridized carbons (Fsp3) is 0.265. The number of halogens is 1. The maximum Gasteiger partial charge on any atom is 0.329 e. The number of hydrogen-bond acceptors (Lipinski definition) is 2. The number of nitrogens with one attached hydrogen (secondary N) is 1. The Labute approximate surface area is 229 Å². The minimum atomic E-state index is -1.01. The maximum atomic E-state index is 12.7. The second-order valence-corrected chi connectivity index (χ2v) is 11.4. The van der Waals surface area contributed by atoms with Gasteiger partial charge in [-0.15, -0.1) is 0 Å². The van der Waals surface area contributed by atoms with Crippen LogP contribution >= 0.6 is 11.6 Å². The van der Waals surface area contributed by atoms with E-state index in [1.54, 1.807) is 0 Å². The van der Waals surface area contributed by atoms with Crippen molar-refractivity contribution in [1.29, 1.82) is 0 Å². The van der Waals surface area contributed by atoms with Gasteiger partial charge in [0.05, 0.1) is 0 Å². The summed E-state index contributed by atoms with van der Waals surface area (Å²) in [6, 6.07) is 35.8. The third-order valence-electron chi connectivity index (χ3n) is 8.86. The Morgan fingerprint density at radius 3 is 2.29 bits per heavy atom. The number of carboxylic acid groups (broad SMARTS) is 1. The van der Waals surface area contributed by atoms with Gasteiger partial charge in [0.15, 0.2) is 0 Å². The smallest absolute Gasteiger partial charge is 0.329 e. The summed E-state index contributed by atoms with van der Waals surface area (Å²) in [6.45, 7) is 0. The number of anilines is 1. The monoisotopic (exact) mass is 521 g/mol. The number of hydrogen-bond donors (Lipinski definition) is 2.